The van der Waals surface area contributed by atoms with E-state index in [4.69, 9.17) is 5.11 Å². The number of aliphatic hydroxyl groups is 1. The topological polar surface area (TPSA) is 103 Å². The Morgan fingerprint density at radius 1 is 1.47 bits per heavy atom. The van der Waals surface area contributed by atoms with Crippen LogP contribution >= 0.6 is 0 Å². The maximum Gasteiger partial charge on any atom is 0.260 e. The van der Waals surface area contributed by atoms with E-state index in [1.54, 1.807) is 0 Å². The molecule has 0 aromatic carbocycles. The number of rotatable bonds is 3. The molecule has 2 N–H and O–H groups in total. The van der Waals surface area contributed by atoms with Gasteiger partial charge in [-0.25, -0.2) is 8.42 Å². The third kappa shape index (κ3) is 2.41. The molecule has 0 bridgehead atoms. The minimum absolute atomic E-state index is 0.0762. The van der Waals surface area contributed by atoms with Crippen molar-refractivity contribution in [3.8, 4) is 0 Å². The van der Waals surface area contributed by atoms with Gasteiger partial charge in [0.25, 0.3) is 10.0 Å². The Hall–Kier alpha value is -0.770. The molecule has 0 amide bonds. The summed E-state index contributed by atoms with van der Waals surface area (Å²) >= 11 is 0. The number of aromatic nitrogens is 2. The summed E-state index contributed by atoms with van der Waals surface area (Å²) in [7, 11) is -4.60. The SMILES string of the molecule is O=S1CCN(S(=O)(=O)c2[nH]ncc2CO)CC1. The molecular weight excluding hydrogens is 266 g/mol. The largest absolute Gasteiger partial charge is 0.392 e. The van der Waals surface area contributed by atoms with E-state index >= 15 is 0 Å². The third-order valence-corrected chi connectivity index (χ3v) is 5.77. The monoisotopic (exact) mass is 279 g/mol. The lowest BCUT2D eigenvalue weighted by Gasteiger charge is -2.25. The molecule has 2 rings (SSSR count). The van der Waals surface area contributed by atoms with Crippen LogP contribution in [0, 0.1) is 0 Å². The van der Waals surface area contributed by atoms with Crippen LogP contribution in [0.1, 0.15) is 5.56 Å². The van der Waals surface area contributed by atoms with Crippen LogP contribution in [0.4, 0.5) is 0 Å². The van der Waals surface area contributed by atoms with Gasteiger partial charge >= 0.3 is 0 Å². The molecular formula is C8H13N3O4S2. The fourth-order valence-electron chi connectivity index (χ4n) is 1.63. The van der Waals surface area contributed by atoms with Gasteiger partial charge in [0.15, 0.2) is 5.03 Å². The Kier molecular flexibility index (Phi) is 3.61. The first-order valence-electron chi connectivity index (χ1n) is 5.04. The lowest BCUT2D eigenvalue weighted by atomic mass is 10.4. The molecule has 0 saturated carbocycles. The number of aliphatic hydroxyl groups excluding tert-OH is 1. The zero-order valence-corrected chi connectivity index (χ0v) is 10.6. The Morgan fingerprint density at radius 2 is 2.12 bits per heavy atom. The van der Waals surface area contributed by atoms with Crippen LogP contribution in [-0.2, 0) is 27.4 Å². The maximum absolute atomic E-state index is 12.2. The lowest BCUT2D eigenvalue weighted by molar-refractivity contribution is 0.278. The standard InChI is InChI=1S/C8H13N3O4S2/c12-6-7-5-9-10-8(7)17(14,15)11-1-3-16(13)4-2-11/h5,12H,1-4,6H2,(H,9,10). The van der Waals surface area contributed by atoms with Crippen LogP contribution < -0.4 is 0 Å². The van der Waals surface area contributed by atoms with E-state index in [0.29, 0.717) is 11.5 Å². The predicted octanol–water partition coefficient (Wildman–Crippen LogP) is -1.34. The minimum Gasteiger partial charge on any atom is -0.392 e. The van der Waals surface area contributed by atoms with Crippen LogP contribution in [-0.4, -0.2) is 56.8 Å². The zero-order valence-electron chi connectivity index (χ0n) is 9.00. The van der Waals surface area contributed by atoms with Gasteiger partial charge in [0.1, 0.15) is 0 Å². The summed E-state index contributed by atoms with van der Waals surface area (Å²) in [6.45, 7) is 0.0858. The molecule has 1 aliphatic rings. The third-order valence-electron chi connectivity index (χ3n) is 2.58. The highest BCUT2D eigenvalue weighted by atomic mass is 32.2. The molecule has 17 heavy (non-hydrogen) atoms. The average molecular weight is 279 g/mol. The Morgan fingerprint density at radius 3 is 2.71 bits per heavy atom. The summed E-state index contributed by atoms with van der Waals surface area (Å²) in [5.41, 5.74) is 0.247. The van der Waals surface area contributed by atoms with Crippen LogP contribution in [0.25, 0.3) is 0 Å². The lowest BCUT2D eigenvalue weighted by Crippen LogP contribution is -2.42. The Bertz CT molecular complexity index is 515. The first-order chi connectivity index (χ1) is 8.05. The van der Waals surface area contributed by atoms with Gasteiger partial charge in [0.2, 0.25) is 0 Å². The second-order valence-electron chi connectivity index (χ2n) is 3.63. The van der Waals surface area contributed by atoms with Crippen molar-refractivity contribution in [2.75, 3.05) is 24.6 Å². The highest BCUT2D eigenvalue weighted by Gasteiger charge is 2.31. The molecule has 1 saturated heterocycles. The van der Waals surface area contributed by atoms with Crippen molar-refractivity contribution in [1.29, 1.82) is 0 Å². The summed E-state index contributed by atoms with van der Waals surface area (Å²) in [4.78, 5) is 0. The van der Waals surface area contributed by atoms with Gasteiger partial charge in [0.05, 0.1) is 12.8 Å². The van der Waals surface area contributed by atoms with Crippen molar-refractivity contribution in [3.63, 3.8) is 0 Å². The smallest absolute Gasteiger partial charge is 0.260 e. The van der Waals surface area contributed by atoms with Crippen LogP contribution in [0.15, 0.2) is 11.2 Å². The second kappa shape index (κ2) is 4.84. The quantitative estimate of drug-likeness (QED) is 0.712. The molecule has 1 fully saturated rings. The highest BCUT2D eigenvalue weighted by Crippen LogP contribution is 2.18. The molecule has 9 heteroatoms. The molecule has 1 aromatic rings. The van der Waals surface area contributed by atoms with Crippen LogP contribution in [0.5, 0.6) is 0 Å². The van der Waals surface area contributed by atoms with E-state index in [1.807, 2.05) is 0 Å². The van der Waals surface area contributed by atoms with E-state index < -0.39 is 20.8 Å². The molecule has 1 aromatic heterocycles. The van der Waals surface area contributed by atoms with Gasteiger partial charge in [-0.05, 0) is 0 Å². The predicted molar refractivity (Wildman–Crippen MR) is 61.1 cm³/mol. The molecule has 1 aliphatic heterocycles. The fourth-order valence-corrected chi connectivity index (χ4v) is 4.45. The number of H-pyrrole nitrogens is 1. The van der Waals surface area contributed by atoms with E-state index in [2.05, 4.69) is 10.2 Å². The molecule has 2 heterocycles. The molecule has 0 radical (unpaired) electrons. The molecule has 0 spiro atoms. The van der Waals surface area contributed by atoms with Crippen molar-refractivity contribution in [2.24, 2.45) is 0 Å². The zero-order chi connectivity index (χ0) is 12.5. The normalized spacial score (nSPS) is 19.6. The summed E-state index contributed by atoms with van der Waals surface area (Å²) in [5.74, 6) is 0.698. The second-order valence-corrected chi connectivity index (χ2v) is 7.21. The van der Waals surface area contributed by atoms with E-state index in [-0.39, 0.29) is 30.3 Å². The first kappa shape index (κ1) is 12.7. The van der Waals surface area contributed by atoms with Gasteiger partial charge in [0, 0.05) is 41.0 Å². The van der Waals surface area contributed by atoms with E-state index in [1.165, 1.54) is 10.5 Å². The minimum atomic E-state index is -3.66. The molecule has 96 valence electrons. The highest BCUT2D eigenvalue weighted by molar-refractivity contribution is 7.89. The van der Waals surface area contributed by atoms with Crippen LogP contribution in [0.2, 0.25) is 0 Å². The van der Waals surface area contributed by atoms with Crippen LogP contribution in [0.3, 0.4) is 0 Å². The maximum atomic E-state index is 12.2. The van der Waals surface area contributed by atoms with Crippen molar-refractivity contribution in [1.82, 2.24) is 14.5 Å². The first-order valence-corrected chi connectivity index (χ1v) is 7.96. The van der Waals surface area contributed by atoms with Crippen molar-refractivity contribution in [2.45, 2.75) is 11.6 Å². The molecule has 0 unspecified atom stereocenters. The molecule has 0 aliphatic carbocycles. The summed E-state index contributed by atoms with van der Waals surface area (Å²) < 4.78 is 36.8. The number of nitrogens with zero attached hydrogens (tertiary/aromatic N) is 2. The van der Waals surface area contributed by atoms with Crippen molar-refractivity contribution in [3.05, 3.63) is 11.8 Å². The number of hydrogen-bond acceptors (Lipinski definition) is 5. The Balaban J connectivity index is 2.27. The Labute approximate surface area is 101 Å². The van der Waals surface area contributed by atoms with Crippen molar-refractivity contribution >= 4 is 20.8 Å². The summed E-state index contributed by atoms with van der Waals surface area (Å²) in [6.07, 6.45) is 1.29. The van der Waals surface area contributed by atoms with Gasteiger partial charge in [-0.15, -0.1) is 0 Å². The van der Waals surface area contributed by atoms with Gasteiger partial charge in [-0.3, -0.25) is 9.31 Å². The average Bonchev–Trinajstić information content (AvgIpc) is 2.78. The van der Waals surface area contributed by atoms with Crippen molar-refractivity contribution < 1.29 is 17.7 Å². The van der Waals surface area contributed by atoms with Gasteiger partial charge in [-0.2, -0.15) is 9.40 Å². The number of hydrogen-bond donors (Lipinski definition) is 2. The van der Waals surface area contributed by atoms with Gasteiger partial charge in [-0.1, -0.05) is 0 Å². The fraction of sp³-hybridized carbons (Fsp3) is 0.625. The summed E-state index contributed by atoms with van der Waals surface area (Å²) in [6, 6.07) is 0. The van der Waals surface area contributed by atoms with E-state index in [9.17, 15) is 12.6 Å². The number of sulfonamides is 1. The van der Waals surface area contributed by atoms with Gasteiger partial charge < -0.3 is 5.11 Å². The molecule has 0 atom stereocenters. The van der Waals surface area contributed by atoms with E-state index in [0.717, 1.165) is 0 Å². The number of nitrogens with one attached hydrogen (secondary N) is 1. The molecule has 7 nitrogen and oxygen atoms in total. The summed E-state index contributed by atoms with van der Waals surface area (Å²) in [5, 5.41) is 15.0. The number of aromatic amines is 1.